The molecule has 5 heteroatoms. The maximum atomic E-state index is 5.46. The van der Waals surface area contributed by atoms with Gasteiger partial charge in [-0.1, -0.05) is 34.8 Å². The molecule has 0 nitrogen and oxygen atoms in total. The maximum absolute atomic E-state index is 5.46. The van der Waals surface area contributed by atoms with E-state index in [4.69, 9.17) is 58.0 Å². The number of alkyl halides is 5. The highest BCUT2D eigenvalue weighted by molar-refractivity contribution is 6.67. The lowest BCUT2D eigenvalue weighted by atomic mass is 10.3. The van der Waals surface area contributed by atoms with Crippen LogP contribution in [0.15, 0.2) is 0 Å². The third-order valence-electron chi connectivity index (χ3n) is 0.883. The van der Waals surface area contributed by atoms with Gasteiger partial charge in [-0.25, -0.2) is 0 Å². The highest BCUT2D eigenvalue weighted by Crippen LogP contribution is 2.32. The van der Waals surface area contributed by atoms with Gasteiger partial charge in [0.05, 0.1) is 0 Å². The van der Waals surface area contributed by atoms with Crippen molar-refractivity contribution >= 4 is 58.0 Å². The molecular weight excluding hydrogens is 237 g/mol. The second-order valence-corrected chi connectivity index (χ2v) is 5.69. The molecule has 62 valence electrons. The first-order chi connectivity index (χ1) is 4.42. The van der Waals surface area contributed by atoms with Gasteiger partial charge in [-0.05, 0) is 19.3 Å². The average molecular weight is 244 g/mol. The maximum Gasteiger partial charge on any atom is 0.190 e. The summed E-state index contributed by atoms with van der Waals surface area (Å²) >= 11 is 27.3. The number of rotatable bonds is 3. The zero-order chi connectivity index (χ0) is 8.20. The van der Waals surface area contributed by atoms with Gasteiger partial charge in [-0.15, -0.1) is 23.2 Å². The lowest BCUT2D eigenvalue weighted by Crippen LogP contribution is -2.02. The van der Waals surface area contributed by atoms with Gasteiger partial charge in [0.25, 0.3) is 0 Å². The number of hydrogen-bond donors (Lipinski definition) is 0. The molecule has 0 fully saturated rings. The third-order valence-corrected chi connectivity index (χ3v) is 1.89. The molecule has 0 atom stereocenters. The van der Waals surface area contributed by atoms with Crippen LogP contribution in [0.2, 0.25) is 0 Å². The normalized spacial score (nSPS) is 12.6. The van der Waals surface area contributed by atoms with Crippen LogP contribution in [0, 0.1) is 0 Å². The van der Waals surface area contributed by atoms with E-state index in [2.05, 4.69) is 0 Å². The molecule has 10 heavy (non-hydrogen) atoms. The van der Waals surface area contributed by atoms with Crippen LogP contribution in [-0.2, 0) is 0 Å². The van der Waals surface area contributed by atoms with Crippen LogP contribution >= 0.6 is 58.0 Å². The molecule has 0 aromatic carbocycles. The van der Waals surface area contributed by atoms with Gasteiger partial charge in [-0.2, -0.15) is 0 Å². The fraction of sp³-hybridized carbons (Fsp3) is 1.00. The highest BCUT2D eigenvalue weighted by Gasteiger charge is 2.18. The smallest absolute Gasteiger partial charge is 0.105 e. The molecule has 0 aromatic heterocycles. The molecular formula is C5H7Cl5. The molecule has 0 aromatic rings. The van der Waals surface area contributed by atoms with E-state index < -0.39 is 3.79 Å². The summed E-state index contributed by atoms with van der Waals surface area (Å²) in [5, 5.41) is 0. The van der Waals surface area contributed by atoms with E-state index >= 15 is 0 Å². The van der Waals surface area contributed by atoms with E-state index in [9.17, 15) is 0 Å². The van der Waals surface area contributed by atoms with E-state index in [1.807, 2.05) is 0 Å². The van der Waals surface area contributed by atoms with Crippen LogP contribution in [0.5, 0.6) is 0 Å². The van der Waals surface area contributed by atoms with Gasteiger partial charge in [0.2, 0.25) is 0 Å². The van der Waals surface area contributed by atoms with E-state index in [0.29, 0.717) is 12.8 Å². The predicted octanol–water partition coefficient (Wildman–Crippen LogP) is 4.33. The van der Waals surface area contributed by atoms with E-state index in [0.717, 1.165) is 6.42 Å². The molecule has 0 unspecified atom stereocenters. The van der Waals surface area contributed by atoms with Crippen LogP contribution in [0.1, 0.15) is 19.3 Å². The first-order valence-corrected chi connectivity index (χ1v) is 4.77. The molecule has 0 radical (unpaired) electrons. The summed E-state index contributed by atoms with van der Waals surface area (Å²) in [5.41, 5.74) is 0. The zero-order valence-corrected chi connectivity index (χ0v) is 8.87. The van der Waals surface area contributed by atoms with Gasteiger partial charge in [0, 0.05) is 0 Å². The molecule has 0 aliphatic rings. The Bertz CT molecular complexity index is 84.5. The molecule has 0 rings (SSSR count). The topological polar surface area (TPSA) is 0 Å². The predicted molar refractivity (Wildman–Crippen MR) is 49.6 cm³/mol. The van der Waals surface area contributed by atoms with E-state index in [1.54, 1.807) is 0 Å². The Balaban J connectivity index is 3.21. The van der Waals surface area contributed by atoms with Gasteiger partial charge in [0.15, 0.2) is 3.79 Å². The van der Waals surface area contributed by atoms with Gasteiger partial charge in [-0.3, -0.25) is 0 Å². The molecule has 0 spiro atoms. The molecule has 0 aliphatic heterocycles. The zero-order valence-electron chi connectivity index (χ0n) is 5.09. The Hall–Kier alpha value is 1.45. The second-order valence-electron chi connectivity index (χ2n) is 1.90. The highest BCUT2D eigenvalue weighted by atomic mass is 35.6. The van der Waals surface area contributed by atoms with Crippen LogP contribution in [0.4, 0.5) is 0 Å². The van der Waals surface area contributed by atoms with E-state index in [-0.39, 0.29) is 4.84 Å². The molecule has 0 amide bonds. The summed E-state index contributed by atoms with van der Waals surface area (Å²) < 4.78 is -1.16. The quantitative estimate of drug-likeness (QED) is 0.648. The van der Waals surface area contributed by atoms with Crippen molar-refractivity contribution in [2.45, 2.75) is 27.9 Å². The summed E-state index contributed by atoms with van der Waals surface area (Å²) in [5.74, 6) is 0. The number of hydrogen-bond acceptors (Lipinski definition) is 0. The van der Waals surface area contributed by atoms with Gasteiger partial charge in [0.1, 0.15) is 4.84 Å². The minimum atomic E-state index is -1.16. The van der Waals surface area contributed by atoms with Crippen molar-refractivity contribution in [1.82, 2.24) is 0 Å². The Kier molecular flexibility index (Phi) is 5.91. The largest absolute Gasteiger partial charge is 0.190 e. The summed E-state index contributed by atoms with van der Waals surface area (Å²) in [6, 6.07) is 0. The van der Waals surface area contributed by atoms with Crippen molar-refractivity contribution in [1.29, 1.82) is 0 Å². The molecule has 0 bridgehead atoms. The SMILES string of the molecule is ClC(Cl)CCCC(Cl)(Cl)Cl. The van der Waals surface area contributed by atoms with Crippen molar-refractivity contribution in [3.05, 3.63) is 0 Å². The first-order valence-electron chi connectivity index (χ1n) is 2.77. The Morgan fingerprint density at radius 1 is 1.10 bits per heavy atom. The Morgan fingerprint density at radius 2 is 1.60 bits per heavy atom. The summed E-state index contributed by atoms with van der Waals surface area (Å²) in [6.45, 7) is 0. The second kappa shape index (κ2) is 5.16. The minimum Gasteiger partial charge on any atom is -0.105 e. The monoisotopic (exact) mass is 242 g/mol. The summed E-state index contributed by atoms with van der Waals surface area (Å²) in [6.07, 6.45) is 1.89. The summed E-state index contributed by atoms with van der Waals surface area (Å²) in [7, 11) is 0. The van der Waals surface area contributed by atoms with Crippen molar-refractivity contribution in [3.8, 4) is 0 Å². The summed E-state index contributed by atoms with van der Waals surface area (Å²) in [4.78, 5) is -0.354. The van der Waals surface area contributed by atoms with Crippen LogP contribution in [-0.4, -0.2) is 8.63 Å². The van der Waals surface area contributed by atoms with Crippen molar-refractivity contribution < 1.29 is 0 Å². The standard InChI is InChI=1S/C5H7Cl5/c6-4(7)2-1-3-5(8,9)10/h4H,1-3H2. The fourth-order valence-corrected chi connectivity index (χ4v) is 1.17. The molecule has 0 saturated carbocycles. The minimum absolute atomic E-state index is 0.354. The lowest BCUT2D eigenvalue weighted by molar-refractivity contribution is 0.721. The third kappa shape index (κ3) is 9.45. The number of halogens is 5. The van der Waals surface area contributed by atoms with Crippen LogP contribution in [0.25, 0.3) is 0 Å². The van der Waals surface area contributed by atoms with Crippen molar-refractivity contribution in [2.24, 2.45) is 0 Å². The molecule has 0 N–H and O–H groups in total. The molecule has 0 aliphatic carbocycles. The lowest BCUT2D eigenvalue weighted by Gasteiger charge is -2.09. The molecule has 0 heterocycles. The average Bonchev–Trinajstić information content (AvgIpc) is 1.59. The van der Waals surface area contributed by atoms with Gasteiger partial charge < -0.3 is 0 Å². The van der Waals surface area contributed by atoms with E-state index in [1.165, 1.54) is 0 Å². The van der Waals surface area contributed by atoms with Crippen LogP contribution in [0.3, 0.4) is 0 Å². The van der Waals surface area contributed by atoms with Crippen molar-refractivity contribution in [3.63, 3.8) is 0 Å². The Labute approximate surface area is 85.7 Å². The first kappa shape index (κ1) is 11.4. The van der Waals surface area contributed by atoms with Crippen LogP contribution < -0.4 is 0 Å². The Morgan fingerprint density at radius 3 is 1.90 bits per heavy atom. The molecule has 0 saturated heterocycles. The fourth-order valence-electron chi connectivity index (χ4n) is 0.457. The van der Waals surface area contributed by atoms with Gasteiger partial charge >= 0.3 is 0 Å². The van der Waals surface area contributed by atoms with Crippen molar-refractivity contribution in [2.75, 3.05) is 0 Å².